The van der Waals surface area contributed by atoms with Crippen LogP contribution in [-0.4, -0.2) is 46.8 Å². The van der Waals surface area contributed by atoms with Crippen LogP contribution < -0.4 is 4.90 Å². The van der Waals surface area contributed by atoms with E-state index in [1.807, 2.05) is 40.1 Å². The maximum absolute atomic E-state index is 12.6. The number of hydrogen-bond acceptors (Lipinski definition) is 2. The zero-order chi connectivity index (χ0) is 20.8. The second kappa shape index (κ2) is 9.55. The van der Waals surface area contributed by atoms with Crippen molar-refractivity contribution in [2.24, 2.45) is 0 Å². The molecule has 0 atom stereocenters. The number of carbonyl (C=O) groups excluding carboxylic acids is 1. The van der Waals surface area contributed by atoms with Gasteiger partial charge in [-0.15, -0.1) is 0 Å². The first kappa shape index (κ1) is 20.1. The van der Waals surface area contributed by atoms with E-state index in [9.17, 15) is 4.79 Å². The van der Waals surface area contributed by atoms with Crippen molar-refractivity contribution in [2.75, 3.05) is 26.2 Å². The summed E-state index contributed by atoms with van der Waals surface area (Å²) in [6, 6.07) is 18.9. The fraction of sp³-hybridized carbons (Fsp3) is 0.280. The summed E-state index contributed by atoms with van der Waals surface area (Å²) in [5.74, 6) is 0.0837. The van der Waals surface area contributed by atoms with E-state index in [0.717, 1.165) is 44.8 Å². The molecule has 2 heterocycles. The molecule has 4 rings (SSSR count). The van der Waals surface area contributed by atoms with Gasteiger partial charge < -0.3 is 9.80 Å². The van der Waals surface area contributed by atoms with Gasteiger partial charge >= 0.3 is 0 Å². The number of carbonyl (C=O) groups is 1. The highest BCUT2D eigenvalue weighted by atomic mass is 16.2. The third-order valence-electron chi connectivity index (χ3n) is 5.58. The summed E-state index contributed by atoms with van der Waals surface area (Å²) in [4.78, 5) is 16.1. The minimum Gasteiger partial charge on any atom is -0.328 e. The molecule has 1 aromatic heterocycles. The van der Waals surface area contributed by atoms with E-state index in [-0.39, 0.29) is 5.91 Å². The number of hydrogen-bond donors (Lipinski definition) is 1. The largest absolute Gasteiger partial charge is 0.328 e. The summed E-state index contributed by atoms with van der Waals surface area (Å²) >= 11 is 0. The van der Waals surface area contributed by atoms with E-state index >= 15 is 0 Å². The Morgan fingerprint density at radius 1 is 1.07 bits per heavy atom. The van der Waals surface area contributed by atoms with Crippen LogP contribution in [0, 0.1) is 6.92 Å². The first-order valence-electron chi connectivity index (χ1n) is 10.6. The van der Waals surface area contributed by atoms with Gasteiger partial charge in [-0.05, 0) is 18.6 Å². The van der Waals surface area contributed by atoms with Crippen LogP contribution in [0.5, 0.6) is 0 Å². The minimum atomic E-state index is 0.0837. The molecule has 2 aromatic carbocycles. The van der Waals surface area contributed by atoms with E-state index in [1.165, 1.54) is 21.6 Å². The molecule has 1 saturated heterocycles. The Labute approximate surface area is 178 Å². The topological polar surface area (TPSA) is 42.6 Å². The number of benzene rings is 2. The lowest BCUT2D eigenvalue weighted by Crippen LogP contribution is -3.13. The molecule has 30 heavy (non-hydrogen) atoms. The molecule has 0 bridgehead atoms. The second-order valence-corrected chi connectivity index (χ2v) is 8.03. The maximum Gasteiger partial charge on any atom is 0.246 e. The van der Waals surface area contributed by atoms with Crippen molar-refractivity contribution < 1.29 is 9.69 Å². The van der Waals surface area contributed by atoms with E-state index in [0.29, 0.717) is 0 Å². The van der Waals surface area contributed by atoms with Crippen LogP contribution in [0.15, 0.2) is 73.1 Å². The Morgan fingerprint density at radius 2 is 1.83 bits per heavy atom. The number of piperazine rings is 1. The molecule has 3 aromatic rings. The fourth-order valence-electron chi connectivity index (χ4n) is 3.93. The number of rotatable bonds is 6. The van der Waals surface area contributed by atoms with E-state index in [2.05, 4.69) is 48.4 Å². The van der Waals surface area contributed by atoms with Crippen molar-refractivity contribution >= 4 is 12.0 Å². The molecule has 1 fully saturated rings. The van der Waals surface area contributed by atoms with Gasteiger partial charge in [-0.3, -0.25) is 9.48 Å². The van der Waals surface area contributed by atoms with Gasteiger partial charge in [0.25, 0.3) is 0 Å². The number of nitrogens with zero attached hydrogens (tertiary/aromatic N) is 3. The molecule has 0 unspecified atom stereocenters. The van der Waals surface area contributed by atoms with Gasteiger partial charge in [0, 0.05) is 23.4 Å². The van der Waals surface area contributed by atoms with Crippen LogP contribution in [0.4, 0.5) is 0 Å². The molecule has 0 saturated carbocycles. The predicted octanol–water partition coefficient (Wildman–Crippen LogP) is 2.18. The van der Waals surface area contributed by atoms with Crippen LogP contribution in [-0.2, 0) is 17.9 Å². The van der Waals surface area contributed by atoms with Gasteiger partial charge in [-0.1, -0.05) is 60.2 Å². The van der Waals surface area contributed by atoms with Crippen LogP contribution in [0.3, 0.4) is 0 Å². The van der Waals surface area contributed by atoms with E-state index in [4.69, 9.17) is 0 Å². The minimum absolute atomic E-state index is 0.0837. The van der Waals surface area contributed by atoms with E-state index in [1.54, 1.807) is 12.3 Å². The third-order valence-corrected chi connectivity index (χ3v) is 5.58. The Hall–Kier alpha value is -3.18. The van der Waals surface area contributed by atoms with Gasteiger partial charge in [-0.25, -0.2) is 0 Å². The molecule has 0 radical (unpaired) electrons. The molecule has 0 aliphatic carbocycles. The highest BCUT2D eigenvalue weighted by molar-refractivity contribution is 5.91. The quantitative estimate of drug-likeness (QED) is 0.644. The first-order valence-corrected chi connectivity index (χ1v) is 10.6. The molecule has 0 spiro atoms. The molecular weight excluding hydrogens is 372 g/mol. The third kappa shape index (κ3) is 5.45. The number of aryl methyl sites for hydroxylation is 1. The van der Waals surface area contributed by atoms with Crippen molar-refractivity contribution in [3.05, 3.63) is 95.3 Å². The lowest BCUT2D eigenvalue weighted by atomic mass is 10.1. The zero-order valence-electron chi connectivity index (χ0n) is 17.5. The van der Waals surface area contributed by atoms with Crippen molar-refractivity contribution in [3.63, 3.8) is 0 Å². The number of amides is 1. The maximum atomic E-state index is 12.6. The molecular formula is C25H29N4O+. The molecule has 5 nitrogen and oxygen atoms in total. The van der Waals surface area contributed by atoms with Crippen molar-refractivity contribution in [1.82, 2.24) is 14.7 Å². The van der Waals surface area contributed by atoms with Crippen LogP contribution in [0.2, 0.25) is 0 Å². The van der Waals surface area contributed by atoms with Gasteiger partial charge in [0.15, 0.2) is 0 Å². The van der Waals surface area contributed by atoms with Crippen LogP contribution >= 0.6 is 0 Å². The molecule has 154 valence electrons. The zero-order valence-corrected chi connectivity index (χ0v) is 17.5. The second-order valence-electron chi connectivity index (χ2n) is 8.03. The lowest BCUT2D eigenvalue weighted by molar-refractivity contribution is -0.917. The van der Waals surface area contributed by atoms with Crippen LogP contribution in [0.25, 0.3) is 6.08 Å². The molecule has 1 amide bonds. The van der Waals surface area contributed by atoms with Gasteiger partial charge in [-0.2, -0.15) is 5.10 Å². The number of aromatic nitrogens is 2. The van der Waals surface area contributed by atoms with E-state index < -0.39 is 0 Å². The van der Waals surface area contributed by atoms with Gasteiger partial charge in [0.05, 0.1) is 38.9 Å². The Kier molecular flexibility index (Phi) is 6.40. The summed E-state index contributed by atoms with van der Waals surface area (Å²) in [5, 5.41) is 4.40. The predicted molar refractivity (Wildman–Crippen MR) is 119 cm³/mol. The average Bonchev–Trinajstić information content (AvgIpc) is 3.20. The number of nitrogens with one attached hydrogen (secondary N) is 1. The number of quaternary nitrogens is 1. The normalized spacial score (nSPS) is 15.0. The highest BCUT2D eigenvalue weighted by Crippen LogP contribution is 2.06. The summed E-state index contributed by atoms with van der Waals surface area (Å²) in [6.07, 6.45) is 7.32. The smallest absolute Gasteiger partial charge is 0.246 e. The van der Waals surface area contributed by atoms with Crippen LogP contribution in [0.1, 0.15) is 22.3 Å². The highest BCUT2D eigenvalue weighted by Gasteiger charge is 2.22. The lowest BCUT2D eigenvalue weighted by Gasteiger charge is -2.31. The average molecular weight is 402 g/mol. The SMILES string of the molecule is Cc1cccc(C[NH+]2CCN(C(=O)/C=C/c3cnn(Cc4ccccc4)c3)CC2)c1. The van der Waals surface area contributed by atoms with Crippen molar-refractivity contribution in [2.45, 2.75) is 20.0 Å². The summed E-state index contributed by atoms with van der Waals surface area (Å²) in [5.41, 5.74) is 4.83. The molecule has 1 aliphatic heterocycles. The molecule has 1 N–H and O–H groups in total. The Morgan fingerprint density at radius 3 is 2.60 bits per heavy atom. The Bertz CT molecular complexity index is 1000. The van der Waals surface area contributed by atoms with Crippen molar-refractivity contribution in [1.29, 1.82) is 0 Å². The molecule has 5 heteroatoms. The summed E-state index contributed by atoms with van der Waals surface area (Å²) in [7, 11) is 0. The monoisotopic (exact) mass is 401 g/mol. The summed E-state index contributed by atoms with van der Waals surface area (Å²) < 4.78 is 1.90. The fourth-order valence-corrected chi connectivity index (χ4v) is 3.93. The molecule has 1 aliphatic rings. The first-order chi connectivity index (χ1) is 14.7. The summed E-state index contributed by atoms with van der Waals surface area (Å²) in [6.45, 7) is 7.47. The Balaban J connectivity index is 1.26. The van der Waals surface area contributed by atoms with Crippen molar-refractivity contribution in [3.8, 4) is 0 Å². The standard InChI is InChI=1S/C25H28N4O/c1-21-6-5-9-23(16-21)18-27-12-14-28(15-13-27)25(30)11-10-24-17-26-29(20-24)19-22-7-3-2-4-8-22/h2-11,16-17,20H,12-15,18-19H2,1H3/p+1/b11-10+. The van der Waals surface area contributed by atoms with Gasteiger partial charge in [0.2, 0.25) is 5.91 Å². The van der Waals surface area contributed by atoms with Gasteiger partial charge in [0.1, 0.15) is 6.54 Å².